The van der Waals surface area contributed by atoms with Gasteiger partial charge in [-0.2, -0.15) is 4.31 Å². The van der Waals surface area contributed by atoms with Gasteiger partial charge in [-0.3, -0.25) is 0 Å². The lowest BCUT2D eigenvalue weighted by Crippen LogP contribution is -2.33. The Morgan fingerprint density at radius 3 is 2.70 bits per heavy atom. The average Bonchev–Trinajstić information content (AvgIpc) is 3.22. The molecule has 1 fully saturated rings. The summed E-state index contributed by atoms with van der Waals surface area (Å²) in [5, 5.41) is 0. The topological polar surface area (TPSA) is 63.4 Å². The molecule has 0 saturated heterocycles. The molecule has 108 valence electrons. The van der Waals surface area contributed by atoms with Crippen LogP contribution in [0.5, 0.6) is 0 Å². The largest absolute Gasteiger partial charge is 0.326 e. The van der Waals surface area contributed by atoms with E-state index in [4.69, 9.17) is 12.2 Å². The van der Waals surface area contributed by atoms with Gasteiger partial charge in [0, 0.05) is 13.1 Å². The van der Waals surface area contributed by atoms with Gasteiger partial charge >= 0.3 is 0 Å². The fraction of sp³-hybridized carbons (Fsp3) is 0.467. The van der Waals surface area contributed by atoms with E-state index < -0.39 is 10.0 Å². The van der Waals surface area contributed by atoms with E-state index in [2.05, 4.69) is 5.92 Å². The minimum absolute atomic E-state index is 0.116. The number of hydrogen-bond donors (Lipinski definition) is 1. The normalized spacial score (nSPS) is 15.3. The van der Waals surface area contributed by atoms with E-state index in [1.807, 2.05) is 6.07 Å². The summed E-state index contributed by atoms with van der Waals surface area (Å²) in [6.45, 7) is 2.74. The van der Waals surface area contributed by atoms with Crippen molar-refractivity contribution in [3.05, 3.63) is 29.3 Å². The van der Waals surface area contributed by atoms with Crippen LogP contribution in [0.2, 0.25) is 0 Å². The van der Waals surface area contributed by atoms with Crippen LogP contribution in [0.4, 0.5) is 0 Å². The Labute approximate surface area is 121 Å². The predicted molar refractivity (Wildman–Crippen MR) is 79.4 cm³/mol. The molecule has 1 saturated carbocycles. The standard InChI is InChI=1S/C15H20N2O2S/c1-3-8-17(11-13-6-7-13)20(18,19)15-9-14(10-16)5-4-12(15)2/h1,4-5,9,13H,6-8,10-11,16H2,2H3. The minimum atomic E-state index is -3.55. The number of nitrogens with zero attached hydrogens (tertiary/aromatic N) is 1. The van der Waals surface area contributed by atoms with Crippen LogP contribution in [0.1, 0.15) is 24.0 Å². The third-order valence-electron chi connectivity index (χ3n) is 3.53. The summed E-state index contributed by atoms with van der Waals surface area (Å²) < 4.78 is 26.9. The quantitative estimate of drug-likeness (QED) is 0.808. The van der Waals surface area contributed by atoms with Crippen LogP contribution in [0.25, 0.3) is 0 Å². The first-order chi connectivity index (χ1) is 9.48. The molecule has 0 aromatic heterocycles. The highest BCUT2D eigenvalue weighted by atomic mass is 32.2. The second kappa shape index (κ2) is 5.96. The van der Waals surface area contributed by atoms with E-state index >= 15 is 0 Å². The Kier molecular flexibility index (Phi) is 4.48. The van der Waals surface area contributed by atoms with Gasteiger partial charge in [0.05, 0.1) is 11.4 Å². The summed E-state index contributed by atoms with van der Waals surface area (Å²) in [5.74, 6) is 2.90. The monoisotopic (exact) mass is 292 g/mol. The molecule has 0 atom stereocenters. The first-order valence-electron chi connectivity index (χ1n) is 6.72. The summed E-state index contributed by atoms with van der Waals surface area (Å²) in [5.41, 5.74) is 7.13. The van der Waals surface area contributed by atoms with Crippen molar-refractivity contribution in [3.63, 3.8) is 0 Å². The van der Waals surface area contributed by atoms with Crippen molar-refractivity contribution in [2.75, 3.05) is 13.1 Å². The van der Waals surface area contributed by atoms with Crippen LogP contribution in [-0.4, -0.2) is 25.8 Å². The number of rotatable bonds is 6. The first kappa shape index (κ1) is 15.0. The van der Waals surface area contributed by atoms with Crippen LogP contribution in [0, 0.1) is 25.2 Å². The molecule has 5 heteroatoms. The number of benzene rings is 1. The highest BCUT2D eigenvalue weighted by Crippen LogP contribution is 2.32. The van der Waals surface area contributed by atoms with Crippen LogP contribution >= 0.6 is 0 Å². The molecule has 0 unspecified atom stereocenters. The Balaban J connectivity index is 2.38. The summed E-state index contributed by atoms with van der Waals surface area (Å²) >= 11 is 0. The minimum Gasteiger partial charge on any atom is -0.326 e. The van der Waals surface area contributed by atoms with E-state index in [1.165, 1.54) is 4.31 Å². The lowest BCUT2D eigenvalue weighted by Gasteiger charge is -2.21. The van der Waals surface area contributed by atoms with E-state index in [0.717, 1.165) is 24.0 Å². The number of terminal acetylenes is 1. The zero-order valence-electron chi connectivity index (χ0n) is 11.7. The molecule has 0 spiro atoms. The number of hydrogen-bond acceptors (Lipinski definition) is 3. The van der Waals surface area contributed by atoms with Crippen LogP contribution in [0.3, 0.4) is 0 Å². The fourth-order valence-electron chi connectivity index (χ4n) is 2.13. The van der Waals surface area contributed by atoms with Crippen molar-refractivity contribution in [3.8, 4) is 12.3 Å². The molecule has 0 heterocycles. The molecular formula is C15H20N2O2S. The second-order valence-corrected chi connectivity index (χ2v) is 7.16. The van der Waals surface area contributed by atoms with Gasteiger partial charge in [-0.05, 0) is 42.9 Å². The molecule has 20 heavy (non-hydrogen) atoms. The molecule has 0 bridgehead atoms. The molecule has 0 amide bonds. The number of sulfonamides is 1. The average molecular weight is 292 g/mol. The number of aryl methyl sites for hydroxylation is 1. The second-order valence-electron chi connectivity index (χ2n) is 5.25. The van der Waals surface area contributed by atoms with Crippen molar-refractivity contribution in [2.24, 2.45) is 11.7 Å². The Bertz CT molecular complexity index is 628. The molecule has 2 N–H and O–H groups in total. The molecule has 2 rings (SSSR count). The summed E-state index contributed by atoms with van der Waals surface area (Å²) in [6, 6.07) is 5.29. The molecule has 0 radical (unpaired) electrons. The van der Waals surface area contributed by atoms with Gasteiger partial charge < -0.3 is 5.73 Å². The molecular weight excluding hydrogens is 272 g/mol. The van der Waals surface area contributed by atoms with Crippen molar-refractivity contribution >= 4 is 10.0 Å². The van der Waals surface area contributed by atoms with Crippen molar-refractivity contribution in [2.45, 2.75) is 31.2 Å². The van der Waals surface area contributed by atoms with Gasteiger partial charge in [-0.1, -0.05) is 18.1 Å². The SMILES string of the molecule is C#CCN(CC1CC1)S(=O)(=O)c1cc(CN)ccc1C. The zero-order valence-corrected chi connectivity index (χ0v) is 12.5. The predicted octanol–water partition coefficient (Wildman–Crippen LogP) is 1.49. The zero-order chi connectivity index (χ0) is 14.8. The first-order valence-corrected chi connectivity index (χ1v) is 8.16. The Morgan fingerprint density at radius 2 is 2.15 bits per heavy atom. The summed E-state index contributed by atoms with van der Waals surface area (Å²) in [6.07, 6.45) is 7.48. The van der Waals surface area contributed by atoms with Crippen LogP contribution < -0.4 is 5.73 Å². The molecule has 4 nitrogen and oxygen atoms in total. The molecule has 1 aliphatic carbocycles. The fourth-order valence-corrected chi connectivity index (χ4v) is 3.83. The summed E-state index contributed by atoms with van der Waals surface area (Å²) in [4.78, 5) is 0.316. The highest BCUT2D eigenvalue weighted by Gasteiger charge is 2.32. The van der Waals surface area contributed by atoms with E-state index in [9.17, 15) is 8.42 Å². The third-order valence-corrected chi connectivity index (χ3v) is 5.49. The molecule has 0 aliphatic heterocycles. The maximum atomic E-state index is 12.8. The molecule has 1 aromatic rings. The van der Waals surface area contributed by atoms with Crippen molar-refractivity contribution in [1.29, 1.82) is 0 Å². The maximum Gasteiger partial charge on any atom is 0.244 e. The van der Waals surface area contributed by atoms with Gasteiger partial charge in [0.2, 0.25) is 10.0 Å². The third kappa shape index (κ3) is 3.21. The molecule has 1 aliphatic rings. The van der Waals surface area contributed by atoms with Crippen molar-refractivity contribution in [1.82, 2.24) is 4.31 Å². The summed E-state index contributed by atoms with van der Waals surface area (Å²) in [7, 11) is -3.55. The molecule has 1 aromatic carbocycles. The lowest BCUT2D eigenvalue weighted by molar-refractivity contribution is 0.429. The lowest BCUT2D eigenvalue weighted by atomic mass is 10.1. The highest BCUT2D eigenvalue weighted by molar-refractivity contribution is 7.89. The van der Waals surface area contributed by atoms with Crippen molar-refractivity contribution < 1.29 is 8.42 Å². The Morgan fingerprint density at radius 1 is 1.45 bits per heavy atom. The smallest absolute Gasteiger partial charge is 0.244 e. The van der Waals surface area contributed by atoms with Gasteiger partial charge in [-0.15, -0.1) is 6.42 Å². The van der Waals surface area contributed by atoms with Gasteiger partial charge in [-0.25, -0.2) is 8.42 Å². The van der Waals surface area contributed by atoms with E-state index in [0.29, 0.717) is 23.9 Å². The van der Waals surface area contributed by atoms with Gasteiger partial charge in [0.25, 0.3) is 0 Å². The van der Waals surface area contributed by atoms with Crippen LogP contribution in [-0.2, 0) is 16.6 Å². The van der Waals surface area contributed by atoms with Gasteiger partial charge in [0.1, 0.15) is 0 Å². The van der Waals surface area contributed by atoms with E-state index in [-0.39, 0.29) is 6.54 Å². The van der Waals surface area contributed by atoms with E-state index in [1.54, 1.807) is 19.1 Å². The Hall–Kier alpha value is -1.35. The maximum absolute atomic E-state index is 12.8. The number of nitrogens with two attached hydrogens (primary N) is 1. The van der Waals surface area contributed by atoms with Crippen LogP contribution in [0.15, 0.2) is 23.1 Å². The van der Waals surface area contributed by atoms with Gasteiger partial charge in [0.15, 0.2) is 0 Å².